The lowest BCUT2D eigenvalue weighted by atomic mass is 9.94. The summed E-state index contributed by atoms with van der Waals surface area (Å²) >= 11 is 0. The van der Waals surface area contributed by atoms with E-state index in [-0.39, 0.29) is 0 Å². The van der Waals surface area contributed by atoms with Gasteiger partial charge >= 0.3 is 0 Å². The van der Waals surface area contributed by atoms with Gasteiger partial charge in [-0.15, -0.1) is 0 Å². The van der Waals surface area contributed by atoms with Gasteiger partial charge in [-0.3, -0.25) is 0 Å². The molecule has 0 aromatic heterocycles. The Bertz CT molecular complexity index is 2640. The van der Waals surface area contributed by atoms with Crippen molar-refractivity contribution in [1.29, 1.82) is 0 Å². The second kappa shape index (κ2) is 13.3. The lowest BCUT2D eigenvalue weighted by Crippen LogP contribution is -2.10. The first-order valence-corrected chi connectivity index (χ1v) is 17.5. The minimum Gasteiger partial charge on any atom is -0.310 e. The molecule has 0 radical (unpaired) electrons. The van der Waals surface area contributed by atoms with E-state index in [2.05, 4.69) is 217 Å². The average molecular weight is 650 g/mol. The van der Waals surface area contributed by atoms with Gasteiger partial charge in [0.05, 0.1) is 5.69 Å². The number of nitrogens with zero attached hydrogens (tertiary/aromatic N) is 1. The molecule has 0 heterocycles. The predicted molar refractivity (Wildman–Crippen MR) is 218 cm³/mol. The molecule has 0 saturated carbocycles. The van der Waals surface area contributed by atoms with Crippen LogP contribution in [0.3, 0.4) is 0 Å². The van der Waals surface area contributed by atoms with Crippen molar-refractivity contribution < 1.29 is 0 Å². The number of fused-ring (bicyclic) bond motifs is 2. The van der Waals surface area contributed by atoms with Crippen molar-refractivity contribution in [3.05, 3.63) is 212 Å². The molecule has 0 aliphatic carbocycles. The zero-order valence-corrected chi connectivity index (χ0v) is 28.2. The topological polar surface area (TPSA) is 3.24 Å². The predicted octanol–water partition coefficient (Wildman–Crippen LogP) is 14.1. The third-order valence-corrected chi connectivity index (χ3v) is 9.84. The van der Waals surface area contributed by atoms with Crippen LogP contribution in [0.5, 0.6) is 0 Å². The molecule has 0 bridgehead atoms. The van der Waals surface area contributed by atoms with E-state index < -0.39 is 0 Å². The van der Waals surface area contributed by atoms with Crippen molar-refractivity contribution in [2.75, 3.05) is 4.90 Å². The highest BCUT2D eigenvalue weighted by Crippen LogP contribution is 2.42. The summed E-state index contributed by atoms with van der Waals surface area (Å²) < 4.78 is 0. The molecule has 1 nitrogen and oxygen atoms in total. The van der Waals surface area contributed by atoms with E-state index in [4.69, 9.17) is 0 Å². The van der Waals surface area contributed by atoms with Crippen molar-refractivity contribution in [1.82, 2.24) is 0 Å². The molecule has 0 fully saturated rings. The van der Waals surface area contributed by atoms with E-state index in [1.165, 1.54) is 66.1 Å². The van der Waals surface area contributed by atoms with Gasteiger partial charge in [0.2, 0.25) is 0 Å². The van der Waals surface area contributed by atoms with Gasteiger partial charge in [-0.1, -0.05) is 176 Å². The highest BCUT2D eigenvalue weighted by atomic mass is 15.1. The molecule has 9 aromatic rings. The lowest BCUT2D eigenvalue weighted by molar-refractivity contribution is 1.30. The first-order valence-electron chi connectivity index (χ1n) is 17.5. The second-order valence-corrected chi connectivity index (χ2v) is 13.0. The molecule has 0 saturated heterocycles. The van der Waals surface area contributed by atoms with Crippen LogP contribution in [0, 0.1) is 0 Å². The number of benzene rings is 9. The van der Waals surface area contributed by atoms with E-state index in [1.54, 1.807) is 0 Å². The number of hydrogen-bond donors (Lipinski definition) is 0. The molecular weight excluding hydrogens is 615 g/mol. The van der Waals surface area contributed by atoms with Gasteiger partial charge in [-0.25, -0.2) is 0 Å². The molecule has 9 aromatic carbocycles. The van der Waals surface area contributed by atoms with Crippen molar-refractivity contribution in [2.24, 2.45) is 0 Å². The Kier molecular flexibility index (Phi) is 7.92. The minimum absolute atomic E-state index is 1.10. The molecule has 0 aliphatic rings. The lowest BCUT2D eigenvalue weighted by Gasteiger charge is -2.28. The maximum absolute atomic E-state index is 2.41. The molecule has 0 atom stereocenters. The summed E-state index contributed by atoms with van der Waals surface area (Å²) in [6.07, 6.45) is 0. The van der Waals surface area contributed by atoms with Crippen LogP contribution in [0.1, 0.15) is 0 Å². The van der Waals surface area contributed by atoms with E-state index in [1.807, 2.05) is 0 Å². The largest absolute Gasteiger partial charge is 0.310 e. The summed E-state index contributed by atoms with van der Waals surface area (Å²) in [5, 5.41) is 4.94. The fraction of sp³-hybridized carbons (Fsp3) is 0. The first-order chi connectivity index (χ1) is 25.3. The van der Waals surface area contributed by atoms with Crippen molar-refractivity contribution in [3.8, 4) is 44.5 Å². The summed E-state index contributed by atoms with van der Waals surface area (Å²) in [5.41, 5.74) is 13.0. The van der Waals surface area contributed by atoms with Crippen LogP contribution in [-0.2, 0) is 0 Å². The molecule has 0 aliphatic heterocycles. The minimum atomic E-state index is 1.10. The first kappa shape index (κ1) is 30.4. The van der Waals surface area contributed by atoms with Crippen molar-refractivity contribution in [3.63, 3.8) is 0 Å². The molecule has 0 unspecified atom stereocenters. The van der Waals surface area contributed by atoms with Crippen LogP contribution in [0.2, 0.25) is 0 Å². The Morgan fingerprint density at radius 1 is 0.255 bits per heavy atom. The van der Waals surface area contributed by atoms with E-state index in [9.17, 15) is 0 Å². The second-order valence-electron chi connectivity index (χ2n) is 13.0. The summed E-state index contributed by atoms with van der Waals surface area (Å²) in [4.78, 5) is 2.41. The summed E-state index contributed by atoms with van der Waals surface area (Å²) in [7, 11) is 0. The van der Waals surface area contributed by atoms with Crippen LogP contribution in [0.4, 0.5) is 17.1 Å². The fourth-order valence-corrected chi connectivity index (χ4v) is 7.42. The van der Waals surface area contributed by atoms with Gasteiger partial charge in [0.1, 0.15) is 0 Å². The van der Waals surface area contributed by atoms with Crippen LogP contribution in [-0.4, -0.2) is 0 Å². The standard InChI is InChI=1S/C50H35N/c1-2-15-36(16-3-1)45-28-8-9-29-47(45)42-24-12-26-44(35-42)51(50-32-14-20-38-18-5-7-30-49(38)50)43-25-11-22-40(34-43)39-21-10-23-41(33-39)48-31-13-19-37-17-4-6-27-46(37)48/h1-35H. The van der Waals surface area contributed by atoms with Crippen LogP contribution in [0.25, 0.3) is 66.1 Å². The number of hydrogen-bond acceptors (Lipinski definition) is 1. The van der Waals surface area contributed by atoms with Gasteiger partial charge in [0.15, 0.2) is 0 Å². The maximum atomic E-state index is 2.41. The highest BCUT2D eigenvalue weighted by molar-refractivity contribution is 6.00. The zero-order chi connectivity index (χ0) is 34.0. The average Bonchev–Trinajstić information content (AvgIpc) is 3.21. The maximum Gasteiger partial charge on any atom is 0.0540 e. The Morgan fingerprint density at radius 3 is 1.43 bits per heavy atom. The fourth-order valence-electron chi connectivity index (χ4n) is 7.42. The molecule has 0 N–H and O–H groups in total. The van der Waals surface area contributed by atoms with Crippen LogP contribution < -0.4 is 4.90 Å². The Labute approximate surface area is 299 Å². The zero-order valence-electron chi connectivity index (χ0n) is 28.2. The van der Waals surface area contributed by atoms with Crippen molar-refractivity contribution in [2.45, 2.75) is 0 Å². The normalized spacial score (nSPS) is 11.1. The van der Waals surface area contributed by atoms with E-state index in [0.717, 1.165) is 17.1 Å². The van der Waals surface area contributed by atoms with Gasteiger partial charge in [0.25, 0.3) is 0 Å². The van der Waals surface area contributed by atoms with Gasteiger partial charge in [-0.2, -0.15) is 0 Å². The third kappa shape index (κ3) is 5.86. The summed E-state index contributed by atoms with van der Waals surface area (Å²) in [6, 6.07) is 76.7. The SMILES string of the molecule is c1ccc(-c2ccccc2-c2cccc(N(c3cccc(-c4cccc(-c5cccc6ccccc56)c4)c3)c3cccc4ccccc34)c2)cc1. The van der Waals surface area contributed by atoms with Crippen molar-refractivity contribution >= 4 is 38.6 Å². The molecule has 9 rings (SSSR count). The quantitative estimate of drug-likeness (QED) is 0.166. The van der Waals surface area contributed by atoms with Crippen LogP contribution in [0.15, 0.2) is 212 Å². The third-order valence-electron chi connectivity index (χ3n) is 9.84. The Balaban J connectivity index is 1.19. The van der Waals surface area contributed by atoms with Gasteiger partial charge in [-0.05, 0) is 97.1 Å². The monoisotopic (exact) mass is 649 g/mol. The Hall–Kier alpha value is -6.70. The molecule has 0 spiro atoms. The molecule has 51 heavy (non-hydrogen) atoms. The summed E-state index contributed by atoms with van der Waals surface area (Å²) in [5.74, 6) is 0. The van der Waals surface area contributed by atoms with E-state index in [0.29, 0.717) is 0 Å². The smallest absolute Gasteiger partial charge is 0.0540 e. The molecule has 0 amide bonds. The van der Waals surface area contributed by atoms with Gasteiger partial charge in [0, 0.05) is 16.8 Å². The van der Waals surface area contributed by atoms with E-state index >= 15 is 0 Å². The number of rotatable bonds is 7. The van der Waals surface area contributed by atoms with Gasteiger partial charge < -0.3 is 4.90 Å². The van der Waals surface area contributed by atoms with Crippen LogP contribution >= 0.6 is 0 Å². The summed E-state index contributed by atoms with van der Waals surface area (Å²) in [6.45, 7) is 0. The molecule has 1 heteroatoms. The molecular formula is C50H35N. The highest BCUT2D eigenvalue weighted by Gasteiger charge is 2.18. The Morgan fingerprint density at radius 2 is 0.686 bits per heavy atom. The number of anilines is 3. The molecule has 240 valence electrons.